The van der Waals surface area contributed by atoms with Crippen LogP contribution in [0.5, 0.6) is 0 Å². The third kappa shape index (κ3) is 3.18. The first kappa shape index (κ1) is 20.1. The van der Waals surface area contributed by atoms with Gasteiger partial charge in [-0.25, -0.2) is 4.98 Å². The fourth-order valence-electron chi connectivity index (χ4n) is 3.90. The predicted octanol–water partition coefficient (Wildman–Crippen LogP) is 4.93. The largest absolute Gasteiger partial charge is 0.507 e. The topological polar surface area (TPSA) is 83.4 Å². The van der Waals surface area contributed by atoms with Gasteiger partial charge in [-0.05, 0) is 60.9 Å². The van der Waals surface area contributed by atoms with Crippen molar-refractivity contribution in [3.63, 3.8) is 0 Å². The Bertz CT molecular complexity index is 1380. The van der Waals surface area contributed by atoms with Gasteiger partial charge in [-0.1, -0.05) is 35.6 Å². The maximum Gasteiger partial charge on any atom is 0.301 e. The van der Waals surface area contributed by atoms with Crippen molar-refractivity contribution < 1.29 is 14.7 Å². The summed E-state index contributed by atoms with van der Waals surface area (Å²) in [7, 11) is 0. The zero-order chi connectivity index (χ0) is 22.4. The summed E-state index contributed by atoms with van der Waals surface area (Å²) in [5, 5.41) is 11.6. The lowest BCUT2D eigenvalue weighted by molar-refractivity contribution is -0.132. The first-order chi connectivity index (χ1) is 15.5. The van der Waals surface area contributed by atoms with E-state index in [2.05, 4.69) is 9.97 Å². The molecule has 1 saturated heterocycles. The first-order valence-electron chi connectivity index (χ1n) is 10.1. The van der Waals surface area contributed by atoms with E-state index in [4.69, 9.17) is 0 Å². The summed E-state index contributed by atoms with van der Waals surface area (Å²) in [5.41, 5.74) is 4.01. The SMILES string of the molecule is Cc1ccc(/C(O)=C2\C(=O)C(=O)N(c3nc4ccccc4s3)C2c2ccncc2)cc1C. The van der Waals surface area contributed by atoms with Gasteiger partial charge in [0.25, 0.3) is 5.78 Å². The molecule has 0 saturated carbocycles. The number of nitrogens with zero attached hydrogens (tertiary/aromatic N) is 3. The second kappa shape index (κ2) is 7.69. The number of hydrogen-bond donors (Lipinski definition) is 1. The lowest BCUT2D eigenvalue weighted by Crippen LogP contribution is -2.29. The molecular formula is C25H19N3O3S. The number of para-hydroxylation sites is 1. The summed E-state index contributed by atoms with van der Waals surface area (Å²) in [6, 6.07) is 15.7. The minimum Gasteiger partial charge on any atom is -0.507 e. The third-order valence-electron chi connectivity index (χ3n) is 5.74. The normalized spacial score (nSPS) is 17.9. The van der Waals surface area contributed by atoms with Crippen molar-refractivity contribution in [3.8, 4) is 0 Å². The molecule has 0 spiro atoms. The van der Waals surface area contributed by atoms with Crippen molar-refractivity contribution in [2.45, 2.75) is 19.9 Å². The van der Waals surface area contributed by atoms with E-state index in [1.807, 2.05) is 50.2 Å². The Kier molecular flexibility index (Phi) is 4.83. The number of carbonyl (C=O) groups excluding carboxylic acids is 2. The molecule has 0 radical (unpaired) electrons. The maximum atomic E-state index is 13.2. The molecule has 2 aromatic heterocycles. The van der Waals surface area contributed by atoms with Crippen molar-refractivity contribution >= 4 is 44.1 Å². The molecule has 5 rings (SSSR count). The van der Waals surface area contributed by atoms with E-state index in [-0.39, 0.29) is 11.3 Å². The van der Waals surface area contributed by atoms with Gasteiger partial charge in [0, 0.05) is 18.0 Å². The van der Waals surface area contributed by atoms with Gasteiger partial charge in [0.1, 0.15) is 5.76 Å². The number of carbonyl (C=O) groups is 2. The molecule has 1 N–H and O–H groups in total. The Morgan fingerprint density at radius 2 is 1.75 bits per heavy atom. The number of Topliss-reactive ketones (excluding diaryl/α,β-unsaturated/α-hetero) is 1. The molecule has 1 amide bonds. The lowest BCUT2D eigenvalue weighted by atomic mass is 9.95. The molecule has 6 nitrogen and oxygen atoms in total. The van der Waals surface area contributed by atoms with Gasteiger partial charge >= 0.3 is 5.91 Å². The molecule has 7 heteroatoms. The Hall–Kier alpha value is -3.84. The molecule has 4 aromatic rings. The van der Waals surface area contributed by atoms with Crippen LogP contribution in [0.4, 0.5) is 5.13 Å². The number of anilines is 1. The predicted molar refractivity (Wildman–Crippen MR) is 125 cm³/mol. The number of hydrogen-bond acceptors (Lipinski definition) is 6. The van der Waals surface area contributed by atoms with Crippen LogP contribution in [0.25, 0.3) is 16.0 Å². The number of aliphatic hydroxyl groups is 1. The van der Waals surface area contributed by atoms with Gasteiger partial charge < -0.3 is 5.11 Å². The van der Waals surface area contributed by atoms with Gasteiger partial charge in [0.2, 0.25) is 0 Å². The number of amides is 1. The molecule has 158 valence electrons. The van der Waals surface area contributed by atoms with Crippen LogP contribution in [-0.2, 0) is 9.59 Å². The van der Waals surface area contributed by atoms with Gasteiger partial charge in [-0.3, -0.25) is 19.5 Å². The van der Waals surface area contributed by atoms with Crippen molar-refractivity contribution in [1.29, 1.82) is 0 Å². The summed E-state index contributed by atoms with van der Waals surface area (Å²) in [6.45, 7) is 3.91. The van der Waals surface area contributed by atoms with E-state index in [9.17, 15) is 14.7 Å². The number of thiazole rings is 1. The van der Waals surface area contributed by atoms with Crippen LogP contribution in [0.3, 0.4) is 0 Å². The molecule has 1 aliphatic rings. The van der Waals surface area contributed by atoms with Crippen LogP contribution >= 0.6 is 11.3 Å². The van der Waals surface area contributed by atoms with Gasteiger partial charge in [0.05, 0.1) is 21.8 Å². The molecule has 0 aliphatic carbocycles. The minimum absolute atomic E-state index is 0.0451. The summed E-state index contributed by atoms with van der Waals surface area (Å²) in [6.07, 6.45) is 3.20. The molecule has 3 heterocycles. The molecular weight excluding hydrogens is 422 g/mol. The van der Waals surface area contributed by atoms with E-state index >= 15 is 0 Å². The fourth-order valence-corrected chi connectivity index (χ4v) is 4.89. The zero-order valence-corrected chi connectivity index (χ0v) is 18.3. The first-order valence-corrected chi connectivity index (χ1v) is 10.9. The zero-order valence-electron chi connectivity index (χ0n) is 17.4. The van der Waals surface area contributed by atoms with Crippen molar-refractivity contribution in [2.75, 3.05) is 4.90 Å². The van der Waals surface area contributed by atoms with E-state index in [1.54, 1.807) is 30.6 Å². The van der Waals surface area contributed by atoms with Crippen LogP contribution in [0.15, 0.2) is 72.6 Å². The minimum atomic E-state index is -0.805. The highest BCUT2D eigenvalue weighted by atomic mass is 32.1. The average Bonchev–Trinajstić information content (AvgIpc) is 3.34. The molecule has 1 unspecified atom stereocenters. The van der Waals surface area contributed by atoms with Crippen LogP contribution in [-0.4, -0.2) is 26.8 Å². The van der Waals surface area contributed by atoms with Crippen LogP contribution < -0.4 is 4.90 Å². The monoisotopic (exact) mass is 441 g/mol. The number of aryl methyl sites for hydroxylation is 2. The summed E-state index contributed by atoms with van der Waals surface area (Å²) >= 11 is 1.33. The summed E-state index contributed by atoms with van der Waals surface area (Å²) < 4.78 is 0.909. The molecule has 1 atom stereocenters. The maximum absolute atomic E-state index is 13.2. The van der Waals surface area contributed by atoms with E-state index in [1.165, 1.54) is 16.2 Å². The van der Waals surface area contributed by atoms with E-state index in [0.29, 0.717) is 16.3 Å². The number of rotatable bonds is 3. The second-order valence-electron chi connectivity index (χ2n) is 7.71. The van der Waals surface area contributed by atoms with Gasteiger partial charge in [0.15, 0.2) is 5.13 Å². The van der Waals surface area contributed by atoms with E-state index in [0.717, 1.165) is 21.3 Å². The smallest absolute Gasteiger partial charge is 0.301 e. The van der Waals surface area contributed by atoms with Crippen molar-refractivity contribution in [2.24, 2.45) is 0 Å². The van der Waals surface area contributed by atoms with Crippen molar-refractivity contribution in [1.82, 2.24) is 9.97 Å². The number of aliphatic hydroxyl groups excluding tert-OH is 1. The Balaban J connectivity index is 1.73. The molecule has 2 aromatic carbocycles. The summed E-state index contributed by atoms with van der Waals surface area (Å²) in [5.74, 6) is -1.64. The van der Waals surface area contributed by atoms with Crippen LogP contribution in [0.1, 0.15) is 28.3 Å². The number of pyridine rings is 1. The Morgan fingerprint density at radius 1 is 1.00 bits per heavy atom. The van der Waals surface area contributed by atoms with Crippen LogP contribution in [0, 0.1) is 13.8 Å². The highest BCUT2D eigenvalue weighted by Crippen LogP contribution is 2.44. The Labute approximate surface area is 188 Å². The standard InChI is InChI=1S/C25H19N3O3S/c1-14-7-8-17(13-15(14)2)22(29)20-21(16-9-11-26-12-10-16)28(24(31)23(20)30)25-27-18-5-3-4-6-19(18)32-25/h3-13,21,29H,1-2H3/b22-20+. The number of fused-ring (bicyclic) bond motifs is 1. The molecule has 1 aliphatic heterocycles. The van der Waals surface area contributed by atoms with Crippen LogP contribution in [0.2, 0.25) is 0 Å². The fraction of sp³-hybridized carbons (Fsp3) is 0.120. The molecule has 1 fully saturated rings. The average molecular weight is 442 g/mol. The molecule has 32 heavy (non-hydrogen) atoms. The van der Waals surface area contributed by atoms with Gasteiger partial charge in [-0.2, -0.15) is 0 Å². The number of aromatic nitrogens is 2. The molecule has 0 bridgehead atoms. The number of ketones is 1. The quantitative estimate of drug-likeness (QED) is 0.277. The van der Waals surface area contributed by atoms with Crippen molar-refractivity contribution in [3.05, 3.63) is 94.8 Å². The highest BCUT2D eigenvalue weighted by molar-refractivity contribution is 7.22. The lowest BCUT2D eigenvalue weighted by Gasteiger charge is -2.22. The highest BCUT2D eigenvalue weighted by Gasteiger charge is 2.48. The number of benzene rings is 2. The summed E-state index contributed by atoms with van der Waals surface area (Å²) in [4.78, 5) is 36.5. The Morgan fingerprint density at radius 3 is 2.47 bits per heavy atom. The van der Waals surface area contributed by atoms with E-state index < -0.39 is 17.7 Å². The third-order valence-corrected chi connectivity index (χ3v) is 6.77. The second-order valence-corrected chi connectivity index (χ2v) is 8.72. The van der Waals surface area contributed by atoms with Gasteiger partial charge in [-0.15, -0.1) is 0 Å².